The van der Waals surface area contributed by atoms with Crippen LogP contribution in [-0.4, -0.2) is 49.5 Å². The lowest BCUT2D eigenvalue weighted by Crippen LogP contribution is -2.72. The van der Waals surface area contributed by atoms with Crippen LogP contribution in [0.4, 0.5) is 65.9 Å². The highest BCUT2D eigenvalue weighted by molar-refractivity contribution is 7.73. The summed E-state index contributed by atoms with van der Waals surface area (Å²) in [6.45, 7) is 0. The van der Waals surface area contributed by atoms with Gasteiger partial charge in [-0.1, -0.05) is 0 Å². The first kappa shape index (κ1) is 23.9. The molecule has 18 heteroatoms. The predicted octanol–water partition coefficient (Wildman–Crippen LogP) is 3.93. The van der Waals surface area contributed by atoms with Crippen LogP contribution in [0.3, 0.4) is 0 Å². The van der Waals surface area contributed by atoms with Crippen LogP contribution >= 0.6 is 0 Å². The minimum atomic E-state index is -8.47. The van der Waals surface area contributed by atoms with Gasteiger partial charge < -0.3 is 0 Å². The van der Waals surface area contributed by atoms with E-state index in [0.29, 0.717) is 0 Å². The molecule has 0 unspecified atom stereocenters. The van der Waals surface area contributed by atoms with Gasteiger partial charge in [-0.3, -0.25) is 0 Å². The summed E-state index contributed by atoms with van der Waals surface area (Å²) in [5.41, 5.74) is 0. The smallest absolute Gasteiger partial charge is 0.225 e. The van der Waals surface area contributed by atoms with E-state index in [-0.39, 0.29) is 0 Å². The van der Waals surface area contributed by atoms with Crippen LogP contribution in [0.25, 0.3) is 0 Å². The zero-order valence-electron chi connectivity index (χ0n) is 10.4. The van der Waals surface area contributed by atoms with Crippen molar-refractivity contribution in [3.05, 3.63) is 0 Å². The van der Waals surface area contributed by atoms with Crippen molar-refractivity contribution in [1.82, 2.24) is 0 Å². The summed E-state index contributed by atoms with van der Waals surface area (Å²) in [7, 11) is -6.08. The van der Waals surface area contributed by atoms with Gasteiger partial charge in [0, 0.05) is 0 Å². The number of hydrogen-bond donors (Lipinski definition) is 1. The molecular formula is C7HF15O2S. The Balaban J connectivity index is 6.60. The summed E-state index contributed by atoms with van der Waals surface area (Å²) < 4.78 is 206. The Morgan fingerprint density at radius 1 is 0.400 bits per heavy atom. The number of hydrogen-bond acceptors (Lipinski definition) is 2. The fourth-order valence-corrected chi connectivity index (χ4v) is 1.44. The summed E-state index contributed by atoms with van der Waals surface area (Å²) in [6, 6.07) is 0. The van der Waals surface area contributed by atoms with E-state index in [9.17, 15) is 74.3 Å². The van der Waals surface area contributed by atoms with Gasteiger partial charge in [-0.15, -0.1) is 0 Å². The lowest BCUT2D eigenvalue weighted by Gasteiger charge is -2.40. The van der Waals surface area contributed by atoms with E-state index in [1.165, 1.54) is 0 Å². The third-order valence-corrected chi connectivity index (χ3v) is 3.28. The molecule has 0 aromatic rings. The highest BCUT2D eigenvalue weighted by Gasteiger charge is 2.93. The number of thiol groups is 1. The molecule has 0 bridgehead atoms. The van der Waals surface area contributed by atoms with Crippen LogP contribution < -0.4 is 0 Å². The SMILES string of the molecule is O=[SH](=O)C(F)(F)C(F)(F)C(F)(F)C(F)(F)C(F)(F)C(F)(F)C(F)(F)F. The van der Waals surface area contributed by atoms with Crippen LogP contribution in [0.5, 0.6) is 0 Å². The van der Waals surface area contributed by atoms with Gasteiger partial charge in [0.2, 0.25) is 10.7 Å². The molecule has 0 aromatic carbocycles. The molecule has 0 atom stereocenters. The Bertz CT molecular complexity index is 577. The Morgan fingerprint density at radius 3 is 0.880 bits per heavy atom. The molecule has 0 aliphatic carbocycles. The zero-order valence-corrected chi connectivity index (χ0v) is 11.3. The molecule has 152 valence electrons. The van der Waals surface area contributed by atoms with Gasteiger partial charge in [0.25, 0.3) is 0 Å². The first-order valence-corrected chi connectivity index (χ1v) is 6.10. The van der Waals surface area contributed by atoms with Crippen molar-refractivity contribution in [2.24, 2.45) is 0 Å². The average Bonchev–Trinajstić information content (AvgIpc) is 2.35. The Hall–Kier alpha value is -1.10. The maximum Gasteiger partial charge on any atom is 0.460 e. The van der Waals surface area contributed by atoms with E-state index in [0.717, 1.165) is 0 Å². The predicted molar refractivity (Wildman–Crippen MR) is 46.1 cm³/mol. The van der Waals surface area contributed by atoms with Crippen LogP contribution in [0.2, 0.25) is 0 Å². The normalized spacial score (nSPS) is 16.5. The Kier molecular flexibility index (Phi) is 5.45. The largest absolute Gasteiger partial charge is 0.460 e. The van der Waals surface area contributed by atoms with Crippen LogP contribution in [0.1, 0.15) is 0 Å². The molecule has 0 aliphatic rings. The van der Waals surface area contributed by atoms with Gasteiger partial charge in [-0.25, -0.2) is 8.42 Å². The number of rotatable bonds is 6. The maximum absolute atomic E-state index is 12.8. The molecule has 0 saturated carbocycles. The van der Waals surface area contributed by atoms with Crippen molar-refractivity contribution < 1.29 is 74.3 Å². The maximum atomic E-state index is 12.8. The number of alkyl halides is 15. The zero-order chi connectivity index (χ0) is 21.1. The van der Waals surface area contributed by atoms with Crippen LogP contribution in [-0.2, 0) is 10.7 Å². The topological polar surface area (TPSA) is 34.1 Å². The molecule has 2 nitrogen and oxygen atoms in total. The molecule has 0 N–H and O–H groups in total. The van der Waals surface area contributed by atoms with E-state index < -0.39 is 51.7 Å². The van der Waals surface area contributed by atoms with E-state index in [2.05, 4.69) is 0 Å². The third kappa shape index (κ3) is 2.88. The van der Waals surface area contributed by atoms with Gasteiger partial charge in [0.05, 0.1) is 0 Å². The van der Waals surface area contributed by atoms with Crippen LogP contribution in [0, 0.1) is 0 Å². The van der Waals surface area contributed by atoms with Gasteiger partial charge in [-0.05, 0) is 0 Å². The highest BCUT2D eigenvalue weighted by Crippen LogP contribution is 2.62. The summed E-state index contributed by atoms with van der Waals surface area (Å²) in [4.78, 5) is 0. The first-order valence-electron chi connectivity index (χ1n) is 4.92. The fraction of sp³-hybridized carbons (Fsp3) is 1.00. The van der Waals surface area contributed by atoms with Crippen LogP contribution in [0.15, 0.2) is 0 Å². The van der Waals surface area contributed by atoms with Gasteiger partial charge >= 0.3 is 41.0 Å². The van der Waals surface area contributed by atoms with Gasteiger partial charge in [0.15, 0.2) is 0 Å². The minimum absolute atomic E-state index is 6.08. The highest BCUT2D eigenvalue weighted by atomic mass is 32.2. The van der Waals surface area contributed by atoms with E-state index in [4.69, 9.17) is 0 Å². The Morgan fingerprint density at radius 2 is 0.640 bits per heavy atom. The Labute approximate surface area is 127 Å². The molecule has 0 fully saturated rings. The summed E-state index contributed by atoms with van der Waals surface area (Å²) in [6.07, 6.45) is -7.70. The first-order chi connectivity index (χ1) is 10.4. The molecule has 0 aliphatic heterocycles. The minimum Gasteiger partial charge on any atom is -0.225 e. The van der Waals surface area contributed by atoms with Crippen molar-refractivity contribution in [2.75, 3.05) is 0 Å². The molecule has 25 heavy (non-hydrogen) atoms. The molecular weight excluding hydrogens is 433 g/mol. The van der Waals surface area contributed by atoms with Gasteiger partial charge in [0.1, 0.15) is 0 Å². The second-order valence-corrected chi connectivity index (χ2v) is 5.24. The summed E-state index contributed by atoms with van der Waals surface area (Å²) in [5, 5.41) is -7.21. The van der Waals surface area contributed by atoms with Crippen molar-refractivity contribution in [3.8, 4) is 0 Å². The average molecular weight is 434 g/mol. The van der Waals surface area contributed by atoms with E-state index >= 15 is 0 Å². The molecule has 0 aromatic heterocycles. The number of halogens is 15. The monoisotopic (exact) mass is 434 g/mol. The van der Waals surface area contributed by atoms with E-state index in [1.54, 1.807) is 0 Å². The van der Waals surface area contributed by atoms with Gasteiger partial charge in [-0.2, -0.15) is 65.9 Å². The van der Waals surface area contributed by atoms with Crippen molar-refractivity contribution in [1.29, 1.82) is 0 Å². The molecule has 0 rings (SSSR count). The van der Waals surface area contributed by atoms with Crippen molar-refractivity contribution in [3.63, 3.8) is 0 Å². The molecule has 0 heterocycles. The molecule has 0 radical (unpaired) electrons. The fourth-order valence-electron chi connectivity index (χ4n) is 1.07. The lowest BCUT2D eigenvalue weighted by atomic mass is 9.94. The molecule has 0 spiro atoms. The van der Waals surface area contributed by atoms with E-state index in [1.807, 2.05) is 0 Å². The van der Waals surface area contributed by atoms with Crippen molar-refractivity contribution >= 4 is 10.7 Å². The quantitative estimate of drug-likeness (QED) is 0.508. The summed E-state index contributed by atoms with van der Waals surface area (Å²) >= 11 is 0. The summed E-state index contributed by atoms with van der Waals surface area (Å²) in [5.74, 6) is -41.3. The molecule has 0 saturated heterocycles. The third-order valence-electron chi connectivity index (χ3n) is 2.54. The second-order valence-electron chi connectivity index (χ2n) is 4.17. The molecule has 0 amide bonds. The standard InChI is InChI=1S/C7HF15O2S/c8-1(9,2(10,11)4(14,15)6(18,19)20)3(12,13)5(16,17)7(21,22)25(23)24/h25H. The second kappa shape index (κ2) is 5.70. The van der Waals surface area contributed by atoms with Crippen molar-refractivity contribution in [2.45, 2.75) is 41.0 Å². The lowest BCUT2D eigenvalue weighted by molar-refractivity contribution is -0.447.